The van der Waals surface area contributed by atoms with Gasteiger partial charge >= 0.3 is 5.97 Å². The SMILES string of the molecule is CCCCCCCCCCCCCC(CC(=O)O)O[C@@H]1OC(C)[C@H](O)[C@H](O)C1O. The van der Waals surface area contributed by atoms with E-state index in [-0.39, 0.29) is 6.42 Å². The van der Waals surface area contributed by atoms with E-state index < -0.39 is 42.8 Å². The molecule has 1 rings (SSSR count). The molecule has 1 aliphatic heterocycles. The maximum Gasteiger partial charge on any atom is 0.305 e. The molecule has 7 nitrogen and oxygen atoms in total. The molecule has 0 saturated carbocycles. The molecule has 29 heavy (non-hydrogen) atoms. The van der Waals surface area contributed by atoms with Crippen LogP contribution in [0.1, 0.15) is 97.3 Å². The summed E-state index contributed by atoms with van der Waals surface area (Å²) in [5, 5.41) is 38.8. The Kier molecular flexibility index (Phi) is 13.7. The third-order valence-electron chi connectivity index (χ3n) is 5.67. The number of carbonyl (C=O) groups is 1. The summed E-state index contributed by atoms with van der Waals surface area (Å²) in [5.74, 6) is -0.975. The van der Waals surface area contributed by atoms with Crippen molar-refractivity contribution in [3.05, 3.63) is 0 Å². The predicted molar refractivity (Wildman–Crippen MR) is 111 cm³/mol. The summed E-state index contributed by atoms with van der Waals surface area (Å²) < 4.78 is 11.1. The van der Waals surface area contributed by atoms with Crippen LogP contribution in [0, 0.1) is 0 Å². The van der Waals surface area contributed by atoms with Gasteiger partial charge < -0.3 is 29.9 Å². The number of unbranched alkanes of at least 4 members (excludes halogenated alkanes) is 10. The van der Waals surface area contributed by atoms with E-state index in [4.69, 9.17) is 14.6 Å². The molecule has 1 heterocycles. The van der Waals surface area contributed by atoms with Crippen molar-refractivity contribution in [1.82, 2.24) is 0 Å². The van der Waals surface area contributed by atoms with Gasteiger partial charge in [0.2, 0.25) is 0 Å². The Morgan fingerprint density at radius 1 is 0.862 bits per heavy atom. The maximum atomic E-state index is 11.1. The lowest BCUT2D eigenvalue weighted by atomic mass is 9.99. The standard InChI is InChI=1S/C22H42O7/c1-3-4-5-6-7-8-9-10-11-12-13-14-17(15-18(23)24)29-22-21(27)20(26)19(25)16(2)28-22/h16-17,19-22,25-27H,3-15H2,1-2H3,(H,23,24)/t16?,17?,19-,20-,21?,22-/m0/s1. The molecule has 4 N–H and O–H groups in total. The summed E-state index contributed by atoms with van der Waals surface area (Å²) in [4.78, 5) is 11.1. The summed E-state index contributed by atoms with van der Waals surface area (Å²) in [7, 11) is 0. The van der Waals surface area contributed by atoms with Gasteiger partial charge in [-0.25, -0.2) is 0 Å². The van der Waals surface area contributed by atoms with E-state index in [2.05, 4.69) is 6.92 Å². The van der Waals surface area contributed by atoms with Crippen molar-refractivity contribution in [3.63, 3.8) is 0 Å². The van der Waals surface area contributed by atoms with Gasteiger partial charge in [0.1, 0.15) is 18.3 Å². The zero-order chi connectivity index (χ0) is 21.6. The molecular formula is C22H42O7. The molecule has 0 aliphatic carbocycles. The number of aliphatic carboxylic acids is 1. The predicted octanol–water partition coefficient (Wildman–Crippen LogP) is 3.37. The molecule has 1 fully saturated rings. The Labute approximate surface area is 175 Å². The minimum Gasteiger partial charge on any atom is -0.481 e. The largest absolute Gasteiger partial charge is 0.481 e. The number of hydrogen-bond donors (Lipinski definition) is 4. The lowest BCUT2D eigenvalue weighted by Gasteiger charge is -2.40. The van der Waals surface area contributed by atoms with Gasteiger partial charge in [-0.2, -0.15) is 0 Å². The molecule has 1 saturated heterocycles. The number of rotatable bonds is 16. The minimum absolute atomic E-state index is 0.183. The molecule has 0 amide bonds. The van der Waals surface area contributed by atoms with E-state index in [9.17, 15) is 20.1 Å². The van der Waals surface area contributed by atoms with Crippen LogP contribution in [0.15, 0.2) is 0 Å². The van der Waals surface area contributed by atoms with E-state index >= 15 is 0 Å². The van der Waals surface area contributed by atoms with Crippen LogP contribution < -0.4 is 0 Å². The highest BCUT2D eigenvalue weighted by Gasteiger charge is 2.43. The van der Waals surface area contributed by atoms with Crippen molar-refractivity contribution in [2.45, 2.75) is 134 Å². The number of carboxylic acid groups (broad SMARTS) is 1. The molecule has 0 aromatic carbocycles. The van der Waals surface area contributed by atoms with Gasteiger partial charge in [-0.15, -0.1) is 0 Å². The molecule has 0 spiro atoms. The number of hydrogen-bond acceptors (Lipinski definition) is 6. The third kappa shape index (κ3) is 10.7. The second-order valence-electron chi connectivity index (χ2n) is 8.36. The van der Waals surface area contributed by atoms with E-state index in [0.717, 1.165) is 19.3 Å². The van der Waals surface area contributed by atoms with Gasteiger partial charge in [-0.1, -0.05) is 77.6 Å². The smallest absolute Gasteiger partial charge is 0.305 e. The van der Waals surface area contributed by atoms with Crippen molar-refractivity contribution in [2.24, 2.45) is 0 Å². The zero-order valence-corrected chi connectivity index (χ0v) is 18.2. The summed E-state index contributed by atoms with van der Waals surface area (Å²) in [6, 6.07) is 0. The topological polar surface area (TPSA) is 116 Å². The number of carboxylic acids is 1. The van der Waals surface area contributed by atoms with Gasteiger partial charge in [-0.05, 0) is 13.3 Å². The summed E-state index contributed by atoms with van der Waals surface area (Å²) >= 11 is 0. The summed E-state index contributed by atoms with van der Waals surface area (Å²) in [6.07, 6.45) is 7.28. The quantitative estimate of drug-likeness (QED) is 0.284. The molecule has 0 aromatic rings. The second-order valence-corrected chi connectivity index (χ2v) is 8.36. The fourth-order valence-corrected chi connectivity index (χ4v) is 3.76. The number of aliphatic hydroxyl groups is 3. The number of ether oxygens (including phenoxy) is 2. The van der Waals surface area contributed by atoms with Crippen molar-refractivity contribution in [3.8, 4) is 0 Å². The minimum atomic E-state index is -1.41. The monoisotopic (exact) mass is 418 g/mol. The third-order valence-corrected chi connectivity index (χ3v) is 5.67. The first-order chi connectivity index (χ1) is 13.9. The molecule has 1 aliphatic rings. The second kappa shape index (κ2) is 15.1. The van der Waals surface area contributed by atoms with Crippen LogP contribution in [0.4, 0.5) is 0 Å². The molecule has 7 heteroatoms. The first-order valence-corrected chi connectivity index (χ1v) is 11.4. The van der Waals surface area contributed by atoms with Gasteiger partial charge in [0.25, 0.3) is 0 Å². The fourth-order valence-electron chi connectivity index (χ4n) is 3.76. The molecule has 172 valence electrons. The highest BCUT2D eigenvalue weighted by atomic mass is 16.7. The zero-order valence-electron chi connectivity index (χ0n) is 18.2. The molecule has 6 atom stereocenters. The van der Waals surface area contributed by atoms with Crippen LogP contribution >= 0.6 is 0 Å². The Morgan fingerprint density at radius 3 is 1.90 bits per heavy atom. The molecular weight excluding hydrogens is 376 g/mol. The van der Waals surface area contributed by atoms with Crippen molar-refractivity contribution >= 4 is 5.97 Å². The van der Waals surface area contributed by atoms with Crippen LogP contribution in [0.2, 0.25) is 0 Å². The van der Waals surface area contributed by atoms with E-state index in [1.807, 2.05) is 0 Å². The average molecular weight is 419 g/mol. The van der Waals surface area contributed by atoms with Gasteiger partial charge in [0.05, 0.1) is 18.6 Å². The highest BCUT2D eigenvalue weighted by Crippen LogP contribution is 2.25. The Bertz CT molecular complexity index is 431. The van der Waals surface area contributed by atoms with Crippen molar-refractivity contribution in [1.29, 1.82) is 0 Å². The van der Waals surface area contributed by atoms with Crippen LogP contribution in [0.25, 0.3) is 0 Å². The van der Waals surface area contributed by atoms with Crippen LogP contribution in [-0.4, -0.2) is 63.2 Å². The first kappa shape index (κ1) is 26.3. The van der Waals surface area contributed by atoms with E-state index in [1.54, 1.807) is 6.92 Å². The van der Waals surface area contributed by atoms with E-state index in [0.29, 0.717) is 6.42 Å². The Hall–Kier alpha value is -0.730. The highest BCUT2D eigenvalue weighted by molar-refractivity contribution is 5.67. The van der Waals surface area contributed by atoms with Crippen molar-refractivity contribution in [2.75, 3.05) is 0 Å². The molecule has 0 aromatic heterocycles. The van der Waals surface area contributed by atoms with Gasteiger partial charge in [-0.3, -0.25) is 4.79 Å². The lowest BCUT2D eigenvalue weighted by Crippen LogP contribution is -2.58. The van der Waals surface area contributed by atoms with Crippen LogP contribution in [-0.2, 0) is 14.3 Å². The van der Waals surface area contributed by atoms with Gasteiger partial charge in [0, 0.05) is 0 Å². The van der Waals surface area contributed by atoms with Crippen molar-refractivity contribution < 1.29 is 34.7 Å². The maximum absolute atomic E-state index is 11.1. The van der Waals surface area contributed by atoms with Gasteiger partial charge in [0.15, 0.2) is 6.29 Å². The molecule has 0 bridgehead atoms. The van der Waals surface area contributed by atoms with Crippen LogP contribution in [0.5, 0.6) is 0 Å². The van der Waals surface area contributed by atoms with E-state index in [1.165, 1.54) is 51.4 Å². The fraction of sp³-hybridized carbons (Fsp3) is 0.955. The Balaban J connectivity index is 2.24. The summed E-state index contributed by atoms with van der Waals surface area (Å²) in [5.41, 5.74) is 0. The number of aliphatic hydroxyl groups excluding tert-OH is 3. The molecule has 3 unspecified atom stereocenters. The Morgan fingerprint density at radius 2 is 1.38 bits per heavy atom. The van der Waals surface area contributed by atoms with Crippen LogP contribution in [0.3, 0.4) is 0 Å². The summed E-state index contributed by atoms with van der Waals surface area (Å²) in [6.45, 7) is 3.80. The first-order valence-electron chi connectivity index (χ1n) is 11.4. The molecule has 0 radical (unpaired) electrons. The normalized spacial score (nSPS) is 28.4. The lowest BCUT2D eigenvalue weighted by molar-refractivity contribution is -0.304. The average Bonchev–Trinajstić information content (AvgIpc) is 2.68.